The lowest BCUT2D eigenvalue weighted by molar-refractivity contribution is -0.277. The Morgan fingerprint density at radius 2 is 1.70 bits per heavy atom. The van der Waals surface area contributed by atoms with Crippen LogP contribution in [0.1, 0.15) is 15.9 Å². The average molecular weight is 418 g/mol. The number of benzene rings is 2. The SMILES string of the molecule is O=C(C=Cc1ccc(O[C@@H]2O[C@@H](CO)[C@@H](O)[C@@H](O)[C@H]2O)cc1)c1ccc(O)cc1O. The van der Waals surface area contributed by atoms with Crippen LogP contribution in [0, 0.1) is 0 Å². The highest BCUT2D eigenvalue weighted by atomic mass is 16.7. The molecule has 160 valence electrons. The first-order valence-corrected chi connectivity index (χ1v) is 9.12. The van der Waals surface area contributed by atoms with Gasteiger partial charge in [0.2, 0.25) is 6.29 Å². The van der Waals surface area contributed by atoms with Crippen LogP contribution in [0.3, 0.4) is 0 Å². The molecular formula is C21H22O9. The summed E-state index contributed by atoms with van der Waals surface area (Å²) in [4.78, 5) is 12.2. The number of aromatic hydroxyl groups is 2. The normalized spacial score (nSPS) is 26.6. The van der Waals surface area contributed by atoms with Gasteiger partial charge in [0.25, 0.3) is 0 Å². The molecule has 30 heavy (non-hydrogen) atoms. The molecule has 5 atom stereocenters. The zero-order chi connectivity index (χ0) is 21.8. The summed E-state index contributed by atoms with van der Waals surface area (Å²) >= 11 is 0. The molecule has 2 aromatic carbocycles. The monoisotopic (exact) mass is 418 g/mol. The van der Waals surface area contributed by atoms with E-state index in [0.717, 1.165) is 6.07 Å². The van der Waals surface area contributed by atoms with Gasteiger partial charge in [-0.1, -0.05) is 18.2 Å². The van der Waals surface area contributed by atoms with Crippen LogP contribution in [-0.4, -0.2) is 73.7 Å². The summed E-state index contributed by atoms with van der Waals surface area (Å²) in [7, 11) is 0. The molecule has 9 nitrogen and oxygen atoms in total. The van der Waals surface area contributed by atoms with Gasteiger partial charge in [0.1, 0.15) is 41.7 Å². The maximum absolute atomic E-state index is 12.2. The van der Waals surface area contributed by atoms with Gasteiger partial charge in [0, 0.05) is 6.07 Å². The second-order valence-electron chi connectivity index (χ2n) is 6.78. The Morgan fingerprint density at radius 1 is 1.00 bits per heavy atom. The number of ether oxygens (including phenoxy) is 2. The Morgan fingerprint density at radius 3 is 2.33 bits per heavy atom. The maximum Gasteiger partial charge on any atom is 0.229 e. The van der Waals surface area contributed by atoms with Crippen LogP contribution in [0.4, 0.5) is 0 Å². The van der Waals surface area contributed by atoms with Crippen LogP contribution >= 0.6 is 0 Å². The van der Waals surface area contributed by atoms with Gasteiger partial charge in [-0.2, -0.15) is 0 Å². The number of carbonyl (C=O) groups excluding carboxylic acids is 1. The minimum Gasteiger partial charge on any atom is -0.508 e. The Balaban J connectivity index is 1.65. The number of carbonyl (C=O) groups is 1. The van der Waals surface area contributed by atoms with Crippen molar-refractivity contribution in [3.05, 3.63) is 59.7 Å². The molecule has 0 saturated carbocycles. The number of hydrogen-bond donors (Lipinski definition) is 6. The van der Waals surface area contributed by atoms with Gasteiger partial charge in [-0.15, -0.1) is 0 Å². The van der Waals surface area contributed by atoms with E-state index >= 15 is 0 Å². The molecule has 9 heteroatoms. The van der Waals surface area contributed by atoms with Crippen LogP contribution in [-0.2, 0) is 4.74 Å². The number of hydrogen-bond acceptors (Lipinski definition) is 9. The number of ketones is 1. The molecule has 6 N–H and O–H groups in total. The van der Waals surface area contributed by atoms with E-state index in [1.54, 1.807) is 24.3 Å². The molecule has 0 bridgehead atoms. The zero-order valence-electron chi connectivity index (χ0n) is 15.7. The predicted octanol–water partition coefficient (Wildman–Crippen LogP) is 0.173. The van der Waals surface area contributed by atoms with Gasteiger partial charge in [-0.05, 0) is 35.9 Å². The van der Waals surface area contributed by atoms with Gasteiger partial charge in [0.15, 0.2) is 5.78 Å². The van der Waals surface area contributed by atoms with Crippen molar-refractivity contribution < 1.29 is 44.9 Å². The van der Waals surface area contributed by atoms with Crippen molar-refractivity contribution in [1.82, 2.24) is 0 Å². The Kier molecular flexibility index (Phi) is 6.70. The zero-order valence-corrected chi connectivity index (χ0v) is 15.7. The summed E-state index contributed by atoms with van der Waals surface area (Å²) in [5, 5.41) is 57.8. The van der Waals surface area contributed by atoms with Gasteiger partial charge in [-0.25, -0.2) is 0 Å². The lowest BCUT2D eigenvalue weighted by Gasteiger charge is -2.39. The van der Waals surface area contributed by atoms with Crippen molar-refractivity contribution in [3.63, 3.8) is 0 Å². The van der Waals surface area contributed by atoms with Gasteiger partial charge >= 0.3 is 0 Å². The molecule has 3 rings (SSSR count). The number of rotatable bonds is 6. The van der Waals surface area contributed by atoms with Gasteiger partial charge < -0.3 is 40.1 Å². The van der Waals surface area contributed by atoms with Gasteiger partial charge in [-0.3, -0.25) is 4.79 Å². The van der Waals surface area contributed by atoms with Crippen LogP contribution in [0.5, 0.6) is 17.2 Å². The van der Waals surface area contributed by atoms with E-state index < -0.39 is 43.1 Å². The highest BCUT2D eigenvalue weighted by Crippen LogP contribution is 2.25. The van der Waals surface area contributed by atoms with E-state index in [2.05, 4.69) is 0 Å². The van der Waals surface area contributed by atoms with E-state index in [9.17, 15) is 35.4 Å². The summed E-state index contributed by atoms with van der Waals surface area (Å²) in [6.07, 6.45) is -4.10. The van der Waals surface area contributed by atoms with Crippen LogP contribution < -0.4 is 4.74 Å². The average Bonchev–Trinajstić information content (AvgIpc) is 2.73. The van der Waals surface area contributed by atoms with Crippen molar-refractivity contribution in [2.24, 2.45) is 0 Å². The van der Waals surface area contributed by atoms with Crippen LogP contribution in [0.15, 0.2) is 48.5 Å². The fourth-order valence-electron chi connectivity index (χ4n) is 2.95. The molecule has 2 aromatic rings. The first kappa shape index (κ1) is 21.8. The molecule has 1 aliphatic rings. The summed E-state index contributed by atoms with van der Waals surface area (Å²) < 4.78 is 10.8. The number of aliphatic hydroxyl groups excluding tert-OH is 4. The molecule has 0 spiro atoms. The van der Waals surface area contributed by atoms with E-state index in [0.29, 0.717) is 11.3 Å². The predicted molar refractivity (Wildman–Crippen MR) is 104 cm³/mol. The molecule has 0 radical (unpaired) electrons. The second kappa shape index (κ2) is 9.24. The van der Waals surface area contributed by atoms with Crippen molar-refractivity contribution in [3.8, 4) is 17.2 Å². The van der Waals surface area contributed by atoms with E-state index in [1.807, 2.05) is 0 Å². The van der Waals surface area contributed by atoms with Crippen molar-refractivity contribution in [1.29, 1.82) is 0 Å². The topological polar surface area (TPSA) is 157 Å². The quantitative estimate of drug-likeness (QED) is 0.284. The highest BCUT2D eigenvalue weighted by molar-refractivity contribution is 6.08. The smallest absolute Gasteiger partial charge is 0.229 e. The second-order valence-corrected chi connectivity index (χ2v) is 6.78. The molecule has 1 heterocycles. The van der Waals surface area contributed by atoms with Crippen LogP contribution in [0.2, 0.25) is 0 Å². The molecule has 0 amide bonds. The molecule has 1 fully saturated rings. The maximum atomic E-state index is 12.2. The van der Waals surface area contributed by atoms with Crippen molar-refractivity contribution in [2.45, 2.75) is 30.7 Å². The fraction of sp³-hybridized carbons (Fsp3) is 0.286. The minimum absolute atomic E-state index is 0.0478. The number of aliphatic hydroxyl groups is 4. The summed E-state index contributed by atoms with van der Waals surface area (Å²) in [5.74, 6) is -0.635. The third-order valence-corrected chi connectivity index (χ3v) is 4.65. The number of phenolic OH excluding ortho intramolecular Hbond substituents is 2. The highest BCUT2D eigenvalue weighted by Gasteiger charge is 2.44. The number of phenols is 2. The lowest BCUT2D eigenvalue weighted by Crippen LogP contribution is -2.60. The number of allylic oxidation sites excluding steroid dienone is 1. The summed E-state index contributed by atoms with van der Waals surface area (Å²) in [6, 6.07) is 10.0. The molecule has 0 aromatic heterocycles. The van der Waals surface area contributed by atoms with Crippen molar-refractivity contribution in [2.75, 3.05) is 6.61 Å². The van der Waals surface area contributed by atoms with Gasteiger partial charge in [0.05, 0.1) is 12.2 Å². The molecule has 0 aliphatic carbocycles. The molecule has 0 unspecified atom stereocenters. The lowest BCUT2D eigenvalue weighted by atomic mass is 9.99. The van der Waals surface area contributed by atoms with Crippen molar-refractivity contribution >= 4 is 11.9 Å². The Hall–Kier alpha value is -2.95. The fourth-order valence-corrected chi connectivity index (χ4v) is 2.95. The minimum atomic E-state index is -1.54. The van der Waals surface area contributed by atoms with Crippen LogP contribution in [0.25, 0.3) is 6.08 Å². The first-order chi connectivity index (χ1) is 14.3. The van der Waals surface area contributed by atoms with E-state index in [1.165, 1.54) is 24.3 Å². The summed E-state index contributed by atoms with van der Waals surface area (Å²) in [5.41, 5.74) is 0.689. The first-order valence-electron chi connectivity index (χ1n) is 9.12. The Labute approximate surface area is 171 Å². The molecular weight excluding hydrogens is 396 g/mol. The molecule has 1 saturated heterocycles. The Bertz CT molecular complexity index is 907. The van der Waals surface area contributed by atoms with E-state index in [-0.39, 0.29) is 17.1 Å². The third kappa shape index (κ3) is 4.78. The summed E-state index contributed by atoms with van der Waals surface area (Å²) in [6.45, 7) is -0.556. The standard InChI is InChI=1S/C21H22O9/c22-10-17-18(26)19(27)20(28)21(30-17)29-13-5-1-11(2-6-13)3-8-15(24)14-7-4-12(23)9-16(14)25/h1-9,17-23,25-28H,10H2/t17-,18+,19+,20+,21+/m0/s1. The van der Waals surface area contributed by atoms with E-state index in [4.69, 9.17) is 9.47 Å². The molecule has 1 aliphatic heterocycles. The largest absolute Gasteiger partial charge is 0.508 e. The third-order valence-electron chi connectivity index (χ3n) is 4.65.